The predicted molar refractivity (Wildman–Crippen MR) is 113 cm³/mol. The van der Waals surface area contributed by atoms with Gasteiger partial charge in [-0.3, -0.25) is 9.59 Å². The lowest BCUT2D eigenvalue weighted by Crippen LogP contribution is -2.41. The van der Waals surface area contributed by atoms with Gasteiger partial charge in [0.25, 0.3) is 5.91 Å². The highest BCUT2D eigenvalue weighted by atomic mass is 35.5. The number of hydrogen-bond donors (Lipinski definition) is 1. The van der Waals surface area contributed by atoms with Crippen LogP contribution in [0.4, 0.5) is 5.69 Å². The average molecular weight is 406 g/mol. The first-order valence-corrected chi connectivity index (χ1v) is 9.75. The van der Waals surface area contributed by atoms with Crippen LogP contribution in [0.2, 0.25) is 5.02 Å². The molecule has 1 unspecified atom stereocenters. The number of amides is 1. The van der Waals surface area contributed by atoms with Crippen molar-refractivity contribution in [3.63, 3.8) is 0 Å². The highest BCUT2D eigenvalue weighted by molar-refractivity contribution is 6.31. The number of hydrogen-bond acceptors (Lipinski definition) is 3. The molecule has 1 heterocycles. The molecule has 1 aliphatic heterocycles. The summed E-state index contributed by atoms with van der Waals surface area (Å²) in [6.07, 6.45) is -0.315. The molecule has 0 fully saturated rings. The monoisotopic (exact) mass is 405 g/mol. The van der Waals surface area contributed by atoms with Crippen LogP contribution in [0.1, 0.15) is 33.5 Å². The second-order valence-corrected chi connectivity index (χ2v) is 7.73. The number of halogens is 1. The van der Waals surface area contributed by atoms with E-state index in [4.69, 9.17) is 11.6 Å². The van der Waals surface area contributed by atoms with Gasteiger partial charge in [0.1, 0.15) is 0 Å². The molecule has 0 radical (unpaired) electrons. The fraction of sp³-hybridized carbons (Fsp3) is 0.167. The lowest BCUT2D eigenvalue weighted by molar-refractivity contribution is -0.136. The van der Waals surface area contributed by atoms with Crippen molar-refractivity contribution in [1.82, 2.24) is 0 Å². The van der Waals surface area contributed by atoms with E-state index in [2.05, 4.69) is 0 Å². The Morgan fingerprint density at radius 2 is 1.66 bits per heavy atom. The molecule has 3 aromatic carbocycles. The molecule has 0 saturated heterocycles. The van der Waals surface area contributed by atoms with Crippen LogP contribution in [0, 0.1) is 6.92 Å². The standard InChI is InChI=1S/C24H20ClNO3/c1-16-10-12-17(13-11-16)22(27)14-24(29)19-7-3-5-9-21(19)26(23(24)28)15-18-6-2-4-8-20(18)25/h2-13,29H,14-15H2,1H3. The Morgan fingerprint density at radius 1 is 1.00 bits per heavy atom. The van der Waals surface area contributed by atoms with Crippen LogP contribution in [0.15, 0.2) is 72.8 Å². The normalized spacial score (nSPS) is 18.0. The maximum absolute atomic E-state index is 13.3. The van der Waals surface area contributed by atoms with E-state index in [1.165, 1.54) is 4.90 Å². The number of Topliss-reactive ketones (excluding diaryl/α,β-unsaturated/α-hetero) is 1. The first-order chi connectivity index (χ1) is 13.9. The molecule has 146 valence electrons. The quantitative estimate of drug-likeness (QED) is 0.628. The summed E-state index contributed by atoms with van der Waals surface area (Å²) >= 11 is 6.27. The summed E-state index contributed by atoms with van der Waals surface area (Å²) in [5, 5.41) is 11.9. The minimum Gasteiger partial charge on any atom is -0.375 e. The molecule has 0 bridgehead atoms. The van der Waals surface area contributed by atoms with E-state index in [-0.39, 0.29) is 18.7 Å². The topological polar surface area (TPSA) is 57.6 Å². The third-order valence-corrected chi connectivity index (χ3v) is 5.68. The van der Waals surface area contributed by atoms with Crippen LogP contribution in [-0.4, -0.2) is 16.8 Å². The molecule has 0 saturated carbocycles. The van der Waals surface area contributed by atoms with Crippen molar-refractivity contribution >= 4 is 29.0 Å². The molecule has 0 aliphatic carbocycles. The Kier molecular flexibility index (Phi) is 4.99. The van der Waals surface area contributed by atoms with Crippen molar-refractivity contribution in [2.45, 2.75) is 25.5 Å². The van der Waals surface area contributed by atoms with Gasteiger partial charge in [-0.1, -0.05) is 77.8 Å². The number of ketones is 1. The molecule has 1 aliphatic rings. The molecule has 1 amide bonds. The van der Waals surface area contributed by atoms with Gasteiger partial charge in [-0.2, -0.15) is 0 Å². The van der Waals surface area contributed by atoms with E-state index < -0.39 is 11.5 Å². The summed E-state index contributed by atoms with van der Waals surface area (Å²) in [6.45, 7) is 2.15. The zero-order valence-corrected chi connectivity index (χ0v) is 16.7. The molecular weight excluding hydrogens is 386 g/mol. The molecule has 0 aromatic heterocycles. The van der Waals surface area contributed by atoms with E-state index >= 15 is 0 Å². The fourth-order valence-corrected chi connectivity index (χ4v) is 3.90. The maximum atomic E-state index is 13.3. The third kappa shape index (κ3) is 3.46. The SMILES string of the molecule is Cc1ccc(C(=O)CC2(O)C(=O)N(Cc3ccccc3Cl)c3ccccc32)cc1. The van der Waals surface area contributed by atoms with E-state index in [0.717, 1.165) is 11.1 Å². The van der Waals surface area contributed by atoms with Crippen LogP contribution < -0.4 is 4.90 Å². The summed E-state index contributed by atoms with van der Waals surface area (Å²) in [5.74, 6) is -0.797. The minimum absolute atomic E-state index is 0.219. The maximum Gasteiger partial charge on any atom is 0.264 e. The fourth-order valence-electron chi connectivity index (χ4n) is 3.71. The van der Waals surface area contributed by atoms with Gasteiger partial charge in [0.2, 0.25) is 0 Å². The van der Waals surface area contributed by atoms with Gasteiger partial charge in [0.05, 0.1) is 18.7 Å². The highest BCUT2D eigenvalue weighted by Crippen LogP contribution is 2.43. The Labute approximate surface area is 174 Å². The molecule has 4 nitrogen and oxygen atoms in total. The van der Waals surface area contributed by atoms with Gasteiger partial charge < -0.3 is 10.0 Å². The zero-order valence-electron chi connectivity index (χ0n) is 15.9. The van der Waals surface area contributed by atoms with Crippen LogP contribution in [-0.2, 0) is 16.9 Å². The lowest BCUT2D eigenvalue weighted by atomic mass is 9.88. The van der Waals surface area contributed by atoms with Gasteiger partial charge in [-0.15, -0.1) is 0 Å². The number of fused-ring (bicyclic) bond motifs is 1. The van der Waals surface area contributed by atoms with Crippen LogP contribution >= 0.6 is 11.6 Å². The second kappa shape index (κ2) is 7.47. The van der Waals surface area contributed by atoms with E-state index in [1.54, 1.807) is 42.5 Å². The number of anilines is 1. The van der Waals surface area contributed by atoms with Crippen LogP contribution in [0.25, 0.3) is 0 Å². The molecule has 1 N–H and O–H groups in total. The summed E-state index contributed by atoms with van der Waals surface area (Å²) in [7, 11) is 0. The number of nitrogens with zero attached hydrogens (tertiary/aromatic N) is 1. The molecule has 4 rings (SSSR count). The van der Waals surface area contributed by atoms with Gasteiger partial charge >= 0.3 is 0 Å². The van der Waals surface area contributed by atoms with Crippen molar-refractivity contribution in [2.75, 3.05) is 4.90 Å². The molecule has 3 aromatic rings. The second-order valence-electron chi connectivity index (χ2n) is 7.33. The number of carbonyl (C=O) groups excluding carboxylic acids is 2. The van der Waals surface area contributed by atoms with Crippen molar-refractivity contribution < 1.29 is 14.7 Å². The Morgan fingerprint density at radius 3 is 2.38 bits per heavy atom. The van der Waals surface area contributed by atoms with E-state index in [1.807, 2.05) is 37.3 Å². The molecule has 5 heteroatoms. The summed E-state index contributed by atoms with van der Waals surface area (Å²) in [4.78, 5) is 27.6. The number of carbonyl (C=O) groups is 2. The molecule has 1 atom stereocenters. The zero-order chi connectivity index (χ0) is 20.6. The summed E-state index contributed by atoms with van der Waals surface area (Å²) in [6, 6.07) is 21.4. The summed E-state index contributed by atoms with van der Waals surface area (Å²) < 4.78 is 0. The largest absolute Gasteiger partial charge is 0.375 e. The van der Waals surface area contributed by atoms with E-state index in [9.17, 15) is 14.7 Å². The van der Waals surface area contributed by atoms with Crippen LogP contribution in [0.3, 0.4) is 0 Å². The average Bonchev–Trinajstić information content (AvgIpc) is 2.92. The molecule has 0 spiro atoms. The highest BCUT2D eigenvalue weighted by Gasteiger charge is 2.50. The van der Waals surface area contributed by atoms with Crippen LogP contribution in [0.5, 0.6) is 0 Å². The van der Waals surface area contributed by atoms with Gasteiger partial charge in [0.15, 0.2) is 11.4 Å². The third-order valence-electron chi connectivity index (χ3n) is 5.32. The Hall–Kier alpha value is -2.95. The van der Waals surface area contributed by atoms with Gasteiger partial charge in [0, 0.05) is 16.1 Å². The number of aryl methyl sites for hydroxylation is 1. The predicted octanol–water partition coefficient (Wildman–Crippen LogP) is 4.66. The first kappa shape index (κ1) is 19.4. The van der Waals surface area contributed by atoms with Gasteiger partial charge in [-0.25, -0.2) is 0 Å². The van der Waals surface area contributed by atoms with Gasteiger partial charge in [-0.05, 0) is 24.6 Å². The number of para-hydroxylation sites is 1. The summed E-state index contributed by atoms with van der Waals surface area (Å²) in [5.41, 5.74) is 1.41. The first-order valence-electron chi connectivity index (χ1n) is 9.37. The minimum atomic E-state index is -1.90. The number of rotatable bonds is 5. The van der Waals surface area contributed by atoms with Crippen molar-refractivity contribution in [3.05, 3.63) is 100 Å². The Bertz CT molecular complexity index is 1090. The lowest BCUT2D eigenvalue weighted by Gasteiger charge is -2.23. The smallest absolute Gasteiger partial charge is 0.264 e. The van der Waals surface area contributed by atoms with E-state index in [0.29, 0.717) is 21.8 Å². The molecule has 29 heavy (non-hydrogen) atoms. The van der Waals surface area contributed by atoms with Crippen molar-refractivity contribution in [1.29, 1.82) is 0 Å². The van der Waals surface area contributed by atoms with Crippen molar-refractivity contribution in [3.8, 4) is 0 Å². The number of aliphatic hydroxyl groups is 1. The molecular formula is C24H20ClNO3. The Balaban J connectivity index is 1.69. The number of benzene rings is 3. The van der Waals surface area contributed by atoms with Crippen molar-refractivity contribution in [2.24, 2.45) is 0 Å².